The maximum Gasteiger partial charge on any atom is 0.273 e. The molecule has 29 heavy (non-hydrogen) atoms. The fraction of sp³-hybridized carbons (Fsp3) is 0.0909. The zero-order chi connectivity index (χ0) is 20.5. The lowest BCUT2D eigenvalue weighted by atomic mass is 10.1. The lowest BCUT2D eigenvalue weighted by Gasteiger charge is -2.09. The number of carbonyl (C=O) groups is 2. The quantitative estimate of drug-likeness (QED) is 0.599. The molecule has 2 heterocycles. The second-order valence-electron chi connectivity index (χ2n) is 6.57. The highest BCUT2D eigenvalue weighted by molar-refractivity contribution is 8.18. The Morgan fingerprint density at radius 2 is 1.90 bits per heavy atom. The van der Waals surface area contributed by atoms with Gasteiger partial charge in [0.2, 0.25) is 5.91 Å². The number of hydrogen-bond donors (Lipinski definition) is 1. The van der Waals surface area contributed by atoms with Crippen LogP contribution in [0.2, 0.25) is 0 Å². The zero-order valence-corrected chi connectivity index (χ0v) is 17.4. The Labute approximate surface area is 176 Å². The number of pyridine rings is 1. The van der Waals surface area contributed by atoms with Crippen LogP contribution in [-0.4, -0.2) is 26.9 Å². The molecule has 2 amide bonds. The largest absolute Gasteiger partial charge is 0.278 e. The van der Waals surface area contributed by atoms with Gasteiger partial charge in [-0.2, -0.15) is 0 Å². The number of para-hydroxylation sites is 1. The van der Waals surface area contributed by atoms with Gasteiger partial charge in [-0.1, -0.05) is 47.7 Å². The monoisotopic (exact) mass is 419 g/mol. The Balaban J connectivity index is 1.80. The maximum absolute atomic E-state index is 12.6. The molecule has 1 fully saturated rings. The van der Waals surface area contributed by atoms with E-state index in [1.807, 2.05) is 61.5 Å². The predicted octanol–water partition coefficient (Wildman–Crippen LogP) is 5.09. The summed E-state index contributed by atoms with van der Waals surface area (Å²) in [5.41, 5.74) is 2.83. The summed E-state index contributed by atoms with van der Waals surface area (Å²) in [5.74, 6) is -0.922. The lowest BCUT2D eigenvalue weighted by Crippen LogP contribution is -2.32. The second kappa shape index (κ2) is 7.85. The number of aryl methyl sites for hydroxylation is 1. The van der Waals surface area contributed by atoms with Gasteiger partial charge in [0.1, 0.15) is 5.03 Å². The molecule has 1 aliphatic heterocycles. The number of thioether (sulfide) groups is 1. The molecule has 1 aromatic heterocycles. The van der Waals surface area contributed by atoms with Gasteiger partial charge in [0.25, 0.3) is 5.91 Å². The minimum Gasteiger partial charge on any atom is -0.278 e. The molecule has 144 valence electrons. The van der Waals surface area contributed by atoms with Crippen LogP contribution >= 0.6 is 23.5 Å². The number of amidine groups is 1. The summed E-state index contributed by atoms with van der Waals surface area (Å²) >= 11 is 2.51. The second-order valence-corrected chi connectivity index (χ2v) is 8.66. The van der Waals surface area contributed by atoms with Crippen LogP contribution in [0.4, 0.5) is 0 Å². The average molecular weight is 420 g/mol. The predicted molar refractivity (Wildman–Crippen MR) is 118 cm³/mol. The van der Waals surface area contributed by atoms with Crippen molar-refractivity contribution in [3.05, 3.63) is 70.6 Å². The van der Waals surface area contributed by atoms with Crippen LogP contribution in [0, 0.1) is 12.3 Å². The van der Waals surface area contributed by atoms with E-state index in [0.29, 0.717) is 4.91 Å². The SMILES string of the molecule is CC(=O)N1C(=N)SC(=Cc2cc3ccccc3nc2Sc2ccc(C)cc2)C1=O. The molecule has 0 bridgehead atoms. The molecule has 0 unspecified atom stereocenters. The number of hydrogen-bond acceptors (Lipinski definition) is 6. The fourth-order valence-electron chi connectivity index (χ4n) is 2.93. The Kier molecular flexibility index (Phi) is 5.25. The van der Waals surface area contributed by atoms with Gasteiger partial charge in [-0.3, -0.25) is 15.0 Å². The molecule has 5 nitrogen and oxygen atoms in total. The van der Waals surface area contributed by atoms with E-state index in [1.165, 1.54) is 24.2 Å². The summed E-state index contributed by atoms with van der Waals surface area (Å²) < 4.78 is 0. The van der Waals surface area contributed by atoms with Crippen LogP contribution in [0.1, 0.15) is 18.1 Å². The van der Waals surface area contributed by atoms with Gasteiger partial charge in [-0.05, 0) is 49.0 Å². The molecule has 0 aliphatic carbocycles. The van der Waals surface area contributed by atoms with Gasteiger partial charge in [0.05, 0.1) is 10.4 Å². The number of carbonyl (C=O) groups excluding carboxylic acids is 2. The Bertz CT molecular complexity index is 1190. The molecule has 0 saturated carbocycles. The summed E-state index contributed by atoms with van der Waals surface area (Å²) in [5, 5.41) is 9.58. The van der Waals surface area contributed by atoms with E-state index in [2.05, 4.69) is 0 Å². The van der Waals surface area contributed by atoms with Gasteiger partial charge < -0.3 is 0 Å². The third-order valence-corrected chi connectivity index (χ3v) is 6.29. The first-order chi connectivity index (χ1) is 13.9. The lowest BCUT2D eigenvalue weighted by molar-refractivity contribution is -0.135. The van der Waals surface area contributed by atoms with Gasteiger partial charge in [0.15, 0.2) is 5.17 Å². The van der Waals surface area contributed by atoms with E-state index in [1.54, 1.807) is 6.08 Å². The van der Waals surface area contributed by atoms with Crippen LogP contribution in [0.25, 0.3) is 17.0 Å². The number of nitrogens with zero attached hydrogens (tertiary/aromatic N) is 2. The number of fused-ring (bicyclic) bond motifs is 1. The van der Waals surface area contributed by atoms with Crippen LogP contribution < -0.4 is 0 Å². The highest BCUT2D eigenvalue weighted by atomic mass is 32.2. The summed E-state index contributed by atoms with van der Waals surface area (Å²) in [4.78, 5) is 31.3. The molecular weight excluding hydrogens is 402 g/mol. The van der Waals surface area contributed by atoms with Crippen LogP contribution in [0.15, 0.2) is 69.4 Å². The number of imide groups is 1. The topological polar surface area (TPSA) is 74.1 Å². The van der Waals surface area contributed by atoms with E-state index in [9.17, 15) is 9.59 Å². The molecule has 0 radical (unpaired) electrons. The number of rotatable bonds is 3. The molecule has 2 aromatic carbocycles. The van der Waals surface area contributed by atoms with Crippen molar-refractivity contribution < 1.29 is 9.59 Å². The summed E-state index contributed by atoms with van der Waals surface area (Å²) in [6.07, 6.45) is 1.72. The van der Waals surface area contributed by atoms with Crippen molar-refractivity contribution >= 4 is 57.5 Å². The maximum atomic E-state index is 12.6. The molecule has 3 aromatic rings. The third-order valence-electron chi connectivity index (χ3n) is 4.38. The van der Waals surface area contributed by atoms with E-state index >= 15 is 0 Å². The normalized spacial score (nSPS) is 15.5. The zero-order valence-electron chi connectivity index (χ0n) is 15.8. The Morgan fingerprint density at radius 1 is 1.17 bits per heavy atom. The molecular formula is C22H17N3O2S2. The molecule has 0 atom stereocenters. The van der Waals surface area contributed by atoms with Gasteiger partial charge in [-0.25, -0.2) is 9.88 Å². The molecule has 7 heteroatoms. The van der Waals surface area contributed by atoms with Gasteiger partial charge >= 0.3 is 0 Å². The van der Waals surface area contributed by atoms with Gasteiger partial charge in [-0.15, -0.1) is 0 Å². The van der Waals surface area contributed by atoms with Crippen molar-refractivity contribution in [2.24, 2.45) is 0 Å². The number of aromatic nitrogens is 1. The molecule has 0 spiro atoms. The van der Waals surface area contributed by atoms with Gasteiger partial charge in [0, 0.05) is 22.8 Å². The molecule has 1 saturated heterocycles. The number of amides is 2. The average Bonchev–Trinajstić information content (AvgIpc) is 2.97. The van der Waals surface area contributed by atoms with E-state index in [4.69, 9.17) is 10.4 Å². The first kappa shape index (κ1) is 19.4. The third kappa shape index (κ3) is 3.97. The molecule has 4 rings (SSSR count). The van der Waals surface area contributed by atoms with E-state index < -0.39 is 11.8 Å². The Hall–Kier alpha value is -2.90. The molecule has 1 N–H and O–H groups in total. The molecule has 1 aliphatic rings. The van der Waals surface area contributed by atoms with Crippen molar-refractivity contribution in [3.8, 4) is 0 Å². The van der Waals surface area contributed by atoms with E-state index in [-0.39, 0.29) is 5.17 Å². The van der Waals surface area contributed by atoms with Crippen molar-refractivity contribution in [2.75, 3.05) is 0 Å². The fourth-order valence-corrected chi connectivity index (χ4v) is 4.68. The van der Waals surface area contributed by atoms with Crippen LogP contribution in [0.3, 0.4) is 0 Å². The first-order valence-corrected chi connectivity index (χ1v) is 10.5. The summed E-state index contributed by atoms with van der Waals surface area (Å²) in [6, 6.07) is 18.0. The van der Waals surface area contributed by atoms with E-state index in [0.717, 1.165) is 43.0 Å². The standard InChI is InChI=1S/C22H17N3O2S2/c1-13-7-9-17(10-8-13)28-20-16(11-15-5-3-4-6-18(15)24-20)12-19-21(27)25(14(2)26)22(23)29-19/h3-12,23H,1-2H3. The van der Waals surface area contributed by atoms with Crippen molar-refractivity contribution in [2.45, 2.75) is 23.8 Å². The van der Waals surface area contributed by atoms with Crippen LogP contribution in [0.5, 0.6) is 0 Å². The van der Waals surface area contributed by atoms with Crippen molar-refractivity contribution in [1.82, 2.24) is 9.88 Å². The van der Waals surface area contributed by atoms with Crippen LogP contribution in [-0.2, 0) is 9.59 Å². The highest BCUT2D eigenvalue weighted by Gasteiger charge is 2.35. The first-order valence-electron chi connectivity index (χ1n) is 8.90. The summed E-state index contributed by atoms with van der Waals surface area (Å²) in [7, 11) is 0. The van der Waals surface area contributed by atoms with Crippen molar-refractivity contribution in [3.63, 3.8) is 0 Å². The minimum absolute atomic E-state index is 0.0739. The highest BCUT2D eigenvalue weighted by Crippen LogP contribution is 2.36. The number of nitrogens with one attached hydrogen (secondary N) is 1. The number of benzene rings is 2. The summed E-state index contributed by atoms with van der Waals surface area (Å²) in [6.45, 7) is 3.32. The smallest absolute Gasteiger partial charge is 0.273 e. The van der Waals surface area contributed by atoms with Crippen molar-refractivity contribution in [1.29, 1.82) is 5.41 Å². The minimum atomic E-state index is -0.466. The Morgan fingerprint density at radius 3 is 2.59 bits per heavy atom.